The maximum absolute atomic E-state index is 5.62. The highest BCUT2D eigenvalue weighted by Crippen LogP contribution is 2.25. The number of rotatable bonds is 0. The Hall–Kier alpha value is -0.150. The van der Waals surface area contributed by atoms with Gasteiger partial charge in [-0.05, 0) is 24.6 Å². The van der Waals surface area contributed by atoms with E-state index < -0.39 is 0 Å². The average Bonchev–Trinajstić information content (AvgIpc) is 1.82. The van der Waals surface area contributed by atoms with Gasteiger partial charge in [-0.1, -0.05) is 15.9 Å². The minimum Gasteiger partial charge on any atom is -0.398 e. The van der Waals surface area contributed by atoms with Gasteiger partial charge in [-0.15, -0.1) is 12.6 Å². The second kappa shape index (κ2) is 2.84. The van der Waals surface area contributed by atoms with E-state index in [0.29, 0.717) is 0 Å². The molecule has 0 aliphatic rings. The molecule has 0 radical (unpaired) electrons. The van der Waals surface area contributed by atoms with Gasteiger partial charge >= 0.3 is 0 Å². The summed E-state index contributed by atoms with van der Waals surface area (Å²) in [6, 6.07) is 3.83. The first-order valence-corrected chi connectivity index (χ1v) is 4.10. The van der Waals surface area contributed by atoms with Crippen molar-refractivity contribution in [2.45, 2.75) is 11.8 Å². The third-order valence-electron chi connectivity index (χ3n) is 1.29. The molecule has 0 aliphatic carbocycles. The number of halogens is 1. The van der Waals surface area contributed by atoms with Gasteiger partial charge in [0.15, 0.2) is 0 Å². The fraction of sp³-hybridized carbons (Fsp3) is 0.143. The molecule has 1 nitrogen and oxygen atoms in total. The quantitative estimate of drug-likeness (QED) is 0.508. The third kappa shape index (κ3) is 1.47. The standard InChI is InChI=1S/C7H8BrNS/c1-4-2-5(8)3-6(9)7(4)10/h2-3,10H,9H2,1H3. The molecular formula is C7H8BrNS. The number of hydrogen-bond acceptors (Lipinski definition) is 2. The van der Waals surface area contributed by atoms with E-state index in [9.17, 15) is 0 Å². The Kier molecular flexibility index (Phi) is 2.26. The van der Waals surface area contributed by atoms with E-state index in [0.717, 1.165) is 20.6 Å². The summed E-state index contributed by atoms with van der Waals surface area (Å²) in [5.41, 5.74) is 7.43. The highest BCUT2D eigenvalue weighted by molar-refractivity contribution is 9.10. The SMILES string of the molecule is Cc1cc(Br)cc(N)c1S. The lowest BCUT2D eigenvalue weighted by Gasteiger charge is -2.02. The van der Waals surface area contributed by atoms with Crippen molar-refractivity contribution in [3.05, 3.63) is 22.2 Å². The summed E-state index contributed by atoms with van der Waals surface area (Å²) < 4.78 is 1.00. The van der Waals surface area contributed by atoms with E-state index in [1.54, 1.807) is 0 Å². The van der Waals surface area contributed by atoms with Gasteiger partial charge in [0.05, 0.1) is 0 Å². The van der Waals surface area contributed by atoms with Gasteiger partial charge in [-0.2, -0.15) is 0 Å². The van der Waals surface area contributed by atoms with Crippen LogP contribution in [0.4, 0.5) is 5.69 Å². The predicted molar refractivity (Wildman–Crippen MR) is 50.5 cm³/mol. The number of benzene rings is 1. The number of aryl methyl sites for hydroxylation is 1. The summed E-state index contributed by atoms with van der Waals surface area (Å²) in [7, 11) is 0. The van der Waals surface area contributed by atoms with Crippen LogP contribution in [0.1, 0.15) is 5.56 Å². The van der Waals surface area contributed by atoms with E-state index >= 15 is 0 Å². The molecule has 10 heavy (non-hydrogen) atoms. The molecule has 0 aromatic heterocycles. The zero-order valence-electron chi connectivity index (χ0n) is 5.56. The second-order valence-electron chi connectivity index (χ2n) is 2.16. The molecule has 0 bridgehead atoms. The average molecular weight is 218 g/mol. The van der Waals surface area contributed by atoms with Crippen LogP contribution in [0.15, 0.2) is 21.5 Å². The van der Waals surface area contributed by atoms with Crippen LogP contribution >= 0.6 is 28.6 Å². The maximum atomic E-state index is 5.62. The molecule has 0 spiro atoms. The fourth-order valence-electron chi connectivity index (χ4n) is 0.761. The van der Waals surface area contributed by atoms with Crippen molar-refractivity contribution in [3.8, 4) is 0 Å². The van der Waals surface area contributed by atoms with Gasteiger partial charge in [0, 0.05) is 15.1 Å². The molecule has 0 atom stereocenters. The molecule has 0 saturated carbocycles. The van der Waals surface area contributed by atoms with Crippen LogP contribution in [0.5, 0.6) is 0 Å². The maximum Gasteiger partial charge on any atom is 0.0463 e. The van der Waals surface area contributed by atoms with Crippen LogP contribution < -0.4 is 5.73 Å². The Labute approximate surface area is 74.2 Å². The molecule has 54 valence electrons. The lowest BCUT2D eigenvalue weighted by molar-refractivity contribution is 1.30. The van der Waals surface area contributed by atoms with Crippen LogP contribution in [-0.4, -0.2) is 0 Å². The van der Waals surface area contributed by atoms with Gasteiger partial charge in [0.1, 0.15) is 0 Å². The third-order valence-corrected chi connectivity index (χ3v) is 2.36. The van der Waals surface area contributed by atoms with Crippen LogP contribution in [0, 0.1) is 6.92 Å². The molecule has 0 fully saturated rings. The van der Waals surface area contributed by atoms with Gasteiger partial charge in [-0.3, -0.25) is 0 Å². The van der Waals surface area contributed by atoms with Crippen molar-refractivity contribution < 1.29 is 0 Å². The van der Waals surface area contributed by atoms with Gasteiger partial charge < -0.3 is 5.73 Å². The smallest absolute Gasteiger partial charge is 0.0463 e. The largest absolute Gasteiger partial charge is 0.398 e. The number of anilines is 1. The van der Waals surface area contributed by atoms with Crippen LogP contribution in [-0.2, 0) is 0 Å². The van der Waals surface area contributed by atoms with Crippen molar-refractivity contribution >= 4 is 34.2 Å². The Morgan fingerprint density at radius 3 is 2.60 bits per heavy atom. The minimum atomic E-state index is 0.718. The zero-order chi connectivity index (χ0) is 7.72. The van der Waals surface area contributed by atoms with Crippen molar-refractivity contribution in [1.29, 1.82) is 0 Å². The van der Waals surface area contributed by atoms with Gasteiger partial charge in [0.2, 0.25) is 0 Å². The van der Waals surface area contributed by atoms with E-state index in [1.807, 2.05) is 19.1 Å². The van der Waals surface area contributed by atoms with Crippen molar-refractivity contribution in [1.82, 2.24) is 0 Å². The predicted octanol–water partition coefficient (Wildman–Crippen LogP) is 2.63. The molecule has 0 heterocycles. The molecule has 2 N–H and O–H groups in total. The number of hydrogen-bond donors (Lipinski definition) is 2. The number of thiol groups is 1. The first kappa shape index (κ1) is 7.95. The Morgan fingerprint density at radius 2 is 2.10 bits per heavy atom. The molecule has 1 aromatic carbocycles. The number of nitrogens with two attached hydrogens (primary N) is 1. The Bertz CT molecular complexity index is 237. The molecule has 3 heteroatoms. The highest BCUT2D eigenvalue weighted by Gasteiger charge is 1.98. The van der Waals surface area contributed by atoms with Crippen LogP contribution in [0.25, 0.3) is 0 Å². The molecule has 0 aliphatic heterocycles. The molecule has 0 saturated heterocycles. The first-order chi connectivity index (χ1) is 4.61. The van der Waals surface area contributed by atoms with E-state index in [2.05, 4.69) is 28.6 Å². The molecule has 1 rings (SSSR count). The van der Waals surface area contributed by atoms with Crippen molar-refractivity contribution in [2.24, 2.45) is 0 Å². The lowest BCUT2D eigenvalue weighted by atomic mass is 10.2. The first-order valence-electron chi connectivity index (χ1n) is 2.86. The molecular weight excluding hydrogens is 210 g/mol. The molecule has 0 amide bonds. The lowest BCUT2D eigenvalue weighted by Crippen LogP contribution is -1.88. The van der Waals surface area contributed by atoms with Gasteiger partial charge in [0.25, 0.3) is 0 Å². The summed E-state index contributed by atoms with van der Waals surface area (Å²) in [4.78, 5) is 0.864. The summed E-state index contributed by atoms with van der Waals surface area (Å²) in [5, 5.41) is 0. The Balaban J connectivity index is 3.31. The zero-order valence-corrected chi connectivity index (χ0v) is 8.04. The van der Waals surface area contributed by atoms with E-state index in [-0.39, 0.29) is 0 Å². The summed E-state index contributed by atoms with van der Waals surface area (Å²) >= 11 is 7.55. The number of nitrogen functional groups attached to an aromatic ring is 1. The highest BCUT2D eigenvalue weighted by atomic mass is 79.9. The Morgan fingerprint density at radius 1 is 1.50 bits per heavy atom. The van der Waals surface area contributed by atoms with Crippen LogP contribution in [0.2, 0.25) is 0 Å². The monoisotopic (exact) mass is 217 g/mol. The minimum absolute atomic E-state index is 0.718. The van der Waals surface area contributed by atoms with Crippen molar-refractivity contribution in [2.75, 3.05) is 5.73 Å². The summed E-state index contributed by atoms with van der Waals surface area (Å²) in [5.74, 6) is 0. The summed E-state index contributed by atoms with van der Waals surface area (Å²) in [6.45, 7) is 1.98. The summed E-state index contributed by atoms with van der Waals surface area (Å²) in [6.07, 6.45) is 0. The second-order valence-corrected chi connectivity index (χ2v) is 3.52. The molecule has 1 aromatic rings. The topological polar surface area (TPSA) is 26.0 Å². The van der Waals surface area contributed by atoms with E-state index in [4.69, 9.17) is 5.73 Å². The van der Waals surface area contributed by atoms with E-state index in [1.165, 1.54) is 0 Å². The fourth-order valence-corrected chi connectivity index (χ4v) is 1.48. The van der Waals surface area contributed by atoms with Crippen LogP contribution in [0.3, 0.4) is 0 Å². The van der Waals surface area contributed by atoms with Gasteiger partial charge in [-0.25, -0.2) is 0 Å². The molecule has 0 unspecified atom stereocenters. The normalized spacial score (nSPS) is 9.90. The van der Waals surface area contributed by atoms with Crippen molar-refractivity contribution in [3.63, 3.8) is 0 Å².